The molecule has 1 aromatic heterocycles. The Bertz CT molecular complexity index is 858. The van der Waals surface area contributed by atoms with Crippen LogP contribution in [-0.2, 0) is 13.0 Å². The lowest BCUT2D eigenvalue weighted by Crippen LogP contribution is -2.32. The van der Waals surface area contributed by atoms with Crippen molar-refractivity contribution >= 4 is 27.0 Å². The van der Waals surface area contributed by atoms with E-state index in [1.54, 1.807) is 0 Å². The summed E-state index contributed by atoms with van der Waals surface area (Å²) in [6, 6.07) is 8.87. The molecule has 0 unspecified atom stereocenters. The molecule has 0 amide bonds. The maximum absolute atomic E-state index is 11.2. The van der Waals surface area contributed by atoms with Gasteiger partial charge in [0.25, 0.3) is 0 Å². The molecule has 2 aromatic rings. The molecule has 5 nitrogen and oxygen atoms in total. The summed E-state index contributed by atoms with van der Waals surface area (Å²) in [6.45, 7) is 3.02. The fourth-order valence-corrected chi connectivity index (χ4v) is 6.55. The van der Waals surface area contributed by atoms with Crippen LogP contribution in [-0.4, -0.2) is 18.0 Å². The van der Waals surface area contributed by atoms with Gasteiger partial charge in [-0.1, -0.05) is 31.2 Å². The van der Waals surface area contributed by atoms with E-state index < -0.39 is 6.10 Å². The van der Waals surface area contributed by atoms with Gasteiger partial charge < -0.3 is 5.11 Å². The molecule has 5 rings (SSSR count). The summed E-state index contributed by atoms with van der Waals surface area (Å²) in [4.78, 5) is 0. The average molecular weight is 434 g/mol. The van der Waals surface area contributed by atoms with E-state index in [9.17, 15) is 5.11 Å². The smallest absolute Gasteiger partial charge is 0.121 e. The van der Waals surface area contributed by atoms with Gasteiger partial charge in [0.05, 0.1) is 29.8 Å². The number of hydrogen-bond donors (Lipinski definition) is 1. The second-order valence-corrected chi connectivity index (χ2v) is 8.59. The largest absolute Gasteiger partial charge is 0.386 e. The van der Waals surface area contributed by atoms with Gasteiger partial charge in [0.2, 0.25) is 0 Å². The highest BCUT2D eigenvalue weighted by Gasteiger charge is 2.45. The van der Waals surface area contributed by atoms with Crippen LogP contribution in [0, 0.1) is 5.92 Å². The zero-order valence-corrected chi connectivity index (χ0v) is 15.6. The van der Waals surface area contributed by atoms with Crippen LogP contribution < -0.4 is 0 Å². The Morgan fingerprint density at radius 2 is 2.21 bits per heavy atom. The van der Waals surface area contributed by atoms with Crippen LogP contribution in [0.3, 0.4) is 0 Å². The molecule has 3 aliphatic heterocycles. The van der Waals surface area contributed by atoms with Crippen molar-refractivity contribution in [2.24, 2.45) is 9.06 Å². The van der Waals surface area contributed by atoms with Crippen molar-refractivity contribution in [3.63, 3.8) is 0 Å². The van der Waals surface area contributed by atoms with Gasteiger partial charge in [0.1, 0.15) is 27.4 Å². The van der Waals surface area contributed by atoms with Gasteiger partial charge in [0.15, 0.2) is 0 Å². The average Bonchev–Trinajstić information content (AvgIpc) is 3.29. The van der Waals surface area contributed by atoms with Crippen molar-refractivity contribution in [3.05, 3.63) is 59.0 Å². The zero-order valence-electron chi connectivity index (χ0n) is 13.4. The molecule has 3 atom stereocenters. The van der Waals surface area contributed by atoms with Gasteiger partial charge in [0, 0.05) is 18.0 Å². The van der Waals surface area contributed by atoms with Crippen LogP contribution >= 0.6 is 21.3 Å². The highest BCUT2D eigenvalue weighted by Crippen LogP contribution is 2.55. The van der Waals surface area contributed by atoms with Crippen molar-refractivity contribution < 1.29 is 5.11 Å². The Balaban J connectivity index is 1.60. The second kappa shape index (κ2) is 5.49. The number of aryl methyl sites for hydroxylation is 2. The first-order valence-corrected chi connectivity index (χ1v) is 10.4. The van der Waals surface area contributed by atoms with E-state index in [4.69, 9.17) is 0 Å². The molecule has 124 valence electrons. The summed E-state index contributed by atoms with van der Waals surface area (Å²) < 4.78 is 9.05. The third-order valence-electron chi connectivity index (χ3n) is 5.43. The third-order valence-corrected chi connectivity index (χ3v) is 7.54. The SMILES string of the molecule is CCc1cnn2c1[C@@H](O)[C@@H]([C@@H]1c3ccccc3C3=CN=IN31)CC2. The lowest BCUT2D eigenvalue weighted by molar-refractivity contribution is 0.0452. The number of benzene rings is 1. The van der Waals surface area contributed by atoms with Crippen molar-refractivity contribution in [1.29, 1.82) is 0 Å². The Kier molecular flexibility index (Phi) is 3.38. The molecule has 24 heavy (non-hydrogen) atoms. The topological polar surface area (TPSA) is 53.6 Å². The number of aliphatic hydroxyl groups excluding tert-OH is 1. The van der Waals surface area contributed by atoms with Crippen molar-refractivity contribution in [2.75, 3.05) is 0 Å². The van der Waals surface area contributed by atoms with Crippen molar-refractivity contribution in [3.8, 4) is 0 Å². The minimum Gasteiger partial charge on any atom is -0.386 e. The number of halogens is 1. The van der Waals surface area contributed by atoms with Crippen molar-refractivity contribution in [1.82, 2.24) is 12.9 Å². The number of aliphatic hydroxyl groups is 1. The Morgan fingerprint density at radius 1 is 1.33 bits per heavy atom. The van der Waals surface area contributed by atoms with Crippen molar-refractivity contribution in [2.45, 2.75) is 38.5 Å². The molecule has 4 heterocycles. The van der Waals surface area contributed by atoms with E-state index in [-0.39, 0.29) is 33.3 Å². The van der Waals surface area contributed by atoms with Crippen LogP contribution in [0.4, 0.5) is 0 Å². The van der Waals surface area contributed by atoms with Gasteiger partial charge >= 0.3 is 0 Å². The van der Waals surface area contributed by atoms with Gasteiger partial charge in [-0.05, 0) is 24.0 Å². The Labute approximate surface area is 151 Å². The first-order valence-electron chi connectivity index (χ1n) is 8.45. The van der Waals surface area contributed by atoms with Gasteiger partial charge in [-0.15, -0.1) is 0 Å². The molecule has 0 saturated heterocycles. The lowest BCUT2D eigenvalue weighted by Gasteiger charge is -2.36. The summed E-state index contributed by atoms with van der Waals surface area (Å²) in [6.07, 6.45) is 5.36. The van der Waals surface area contributed by atoms with E-state index in [0.717, 1.165) is 25.1 Å². The van der Waals surface area contributed by atoms with Gasteiger partial charge in [-0.3, -0.25) is 7.80 Å². The molecule has 0 fully saturated rings. The molecule has 0 saturated carbocycles. The molecule has 6 heteroatoms. The molecule has 0 spiro atoms. The van der Waals surface area contributed by atoms with Crippen LogP contribution in [0.1, 0.15) is 47.9 Å². The molecule has 0 aliphatic carbocycles. The van der Waals surface area contributed by atoms with E-state index in [2.05, 4.69) is 42.5 Å². The minimum atomic E-state index is -0.460. The summed E-state index contributed by atoms with van der Waals surface area (Å²) >= 11 is -0.372. The summed E-state index contributed by atoms with van der Waals surface area (Å²) in [5.41, 5.74) is 6.11. The fourth-order valence-electron chi connectivity index (χ4n) is 4.29. The van der Waals surface area contributed by atoms with E-state index in [0.29, 0.717) is 0 Å². The third kappa shape index (κ3) is 1.92. The molecule has 3 aliphatic rings. The zero-order chi connectivity index (χ0) is 16.3. The van der Waals surface area contributed by atoms with E-state index in [1.807, 2.05) is 17.1 Å². The molecular weight excluding hydrogens is 415 g/mol. The molecular formula is C18H19IN4O. The number of fused-ring (bicyclic) bond motifs is 4. The monoisotopic (exact) mass is 434 g/mol. The highest BCUT2D eigenvalue weighted by atomic mass is 127. The highest BCUT2D eigenvalue weighted by molar-refractivity contribution is 14.1. The predicted molar refractivity (Wildman–Crippen MR) is 100 cm³/mol. The Morgan fingerprint density at radius 3 is 3.08 bits per heavy atom. The Hall–Kier alpha value is -1.54. The van der Waals surface area contributed by atoms with Crippen LogP contribution in [0.5, 0.6) is 0 Å². The number of hydrogen-bond acceptors (Lipinski definition) is 4. The molecule has 0 bridgehead atoms. The molecule has 1 N–H and O–H groups in total. The summed E-state index contributed by atoms with van der Waals surface area (Å²) in [5, 5.41) is 15.7. The lowest BCUT2D eigenvalue weighted by atomic mass is 9.82. The number of nitrogens with zero attached hydrogens (tertiary/aromatic N) is 4. The predicted octanol–water partition coefficient (Wildman–Crippen LogP) is 3.94. The second-order valence-electron chi connectivity index (χ2n) is 6.56. The molecule has 0 radical (unpaired) electrons. The van der Waals surface area contributed by atoms with Crippen LogP contribution in [0.15, 0.2) is 39.8 Å². The standard InChI is InChI=1S/C18H19IN4O/c1-2-11-9-21-22-8-7-14(18(24)16(11)22)17-13-6-4-3-5-12(13)15-10-20-19-23(15)17/h3-6,9-10,14,17-18,24H,2,7-8H2,1H3/t14-,17+,18+/m1/s1. The normalized spacial score (nSPS) is 27.3. The summed E-state index contributed by atoms with van der Waals surface area (Å²) in [7, 11) is 0. The van der Waals surface area contributed by atoms with E-state index >= 15 is 0 Å². The maximum atomic E-state index is 11.2. The van der Waals surface area contributed by atoms with Gasteiger partial charge in [-0.25, -0.2) is 3.15 Å². The first-order chi connectivity index (χ1) is 11.8. The minimum absolute atomic E-state index is 0.194. The number of aromatic nitrogens is 2. The first kappa shape index (κ1) is 14.8. The van der Waals surface area contributed by atoms with Crippen LogP contribution in [0.2, 0.25) is 0 Å². The van der Waals surface area contributed by atoms with Gasteiger partial charge in [-0.2, -0.15) is 5.10 Å². The molecule has 1 aromatic carbocycles. The number of rotatable bonds is 2. The quantitative estimate of drug-likeness (QED) is 0.576. The summed E-state index contributed by atoms with van der Waals surface area (Å²) in [5.74, 6) is 0.194. The maximum Gasteiger partial charge on any atom is 0.121 e. The fraction of sp³-hybridized carbons (Fsp3) is 0.389. The van der Waals surface area contributed by atoms with E-state index in [1.165, 1.54) is 22.4 Å². The van der Waals surface area contributed by atoms with Crippen LogP contribution in [0.25, 0.3) is 5.70 Å².